The predicted molar refractivity (Wildman–Crippen MR) is 87.6 cm³/mol. The van der Waals surface area contributed by atoms with Gasteiger partial charge in [-0.2, -0.15) is 0 Å². The maximum absolute atomic E-state index is 11.7. The average molecular weight is 308 g/mol. The van der Waals surface area contributed by atoms with Crippen LogP contribution in [0.15, 0.2) is 54.6 Å². The first kappa shape index (κ1) is 16.3. The summed E-state index contributed by atoms with van der Waals surface area (Å²) >= 11 is 0. The molecule has 5 heteroatoms. The fourth-order valence-electron chi connectivity index (χ4n) is 1.78. The van der Waals surface area contributed by atoms with Crippen LogP contribution in [0, 0.1) is 11.8 Å². The molecule has 0 fully saturated rings. The molecular weight excluding hydrogens is 292 g/mol. The first-order valence-corrected chi connectivity index (χ1v) is 7.06. The van der Waals surface area contributed by atoms with Crippen molar-refractivity contribution in [3.05, 3.63) is 65.7 Å². The predicted octanol–water partition coefficient (Wildman–Crippen LogP) is 1.13. The first-order chi connectivity index (χ1) is 11.2. The molecule has 0 heterocycles. The quantitative estimate of drug-likeness (QED) is 0.587. The Kier molecular flexibility index (Phi) is 5.92. The van der Waals surface area contributed by atoms with E-state index in [1.54, 1.807) is 18.2 Å². The molecule has 0 radical (unpaired) electrons. The van der Waals surface area contributed by atoms with Crippen LogP contribution in [-0.2, 0) is 9.59 Å². The Labute approximate surface area is 134 Å². The Morgan fingerprint density at radius 2 is 1.61 bits per heavy atom. The lowest BCUT2D eigenvalue weighted by Gasteiger charge is -2.05. The van der Waals surface area contributed by atoms with Gasteiger partial charge < -0.3 is 15.7 Å². The van der Waals surface area contributed by atoms with Crippen LogP contribution in [0.3, 0.4) is 0 Å². The van der Waals surface area contributed by atoms with Gasteiger partial charge in [-0.3, -0.25) is 9.59 Å². The zero-order chi connectivity index (χ0) is 16.5. The molecule has 0 aliphatic carbocycles. The van der Waals surface area contributed by atoms with Crippen molar-refractivity contribution >= 4 is 17.5 Å². The molecule has 0 saturated heterocycles. The van der Waals surface area contributed by atoms with Crippen molar-refractivity contribution in [1.82, 2.24) is 5.32 Å². The normalized spacial score (nSPS) is 9.43. The minimum Gasteiger partial charge on any atom is -0.395 e. The van der Waals surface area contributed by atoms with E-state index in [4.69, 9.17) is 5.11 Å². The Morgan fingerprint density at radius 1 is 0.913 bits per heavy atom. The van der Waals surface area contributed by atoms with Gasteiger partial charge >= 0.3 is 11.8 Å². The average Bonchev–Trinajstić information content (AvgIpc) is 2.59. The molecule has 0 saturated carbocycles. The minimum atomic E-state index is -0.792. The van der Waals surface area contributed by atoms with Gasteiger partial charge in [-0.05, 0) is 30.3 Å². The van der Waals surface area contributed by atoms with E-state index < -0.39 is 11.8 Å². The third kappa shape index (κ3) is 5.30. The van der Waals surface area contributed by atoms with E-state index in [0.717, 1.165) is 11.1 Å². The van der Waals surface area contributed by atoms with Crippen LogP contribution < -0.4 is 10.6 Å². The lowest BCUT2D eigenvalue weighted by atomic mass is 10.1. The summed E-state index contributed by atoms with van der Waals surface area (Å²) in [5.74, 6) is 4.45. The van der Waals surface area contributed by atoms with Crippen LogP contribution in [0.4, 0.5) is 5.69 Å². The van der Waals surface area contributed by atoms with E-state index in [2.05, 4.69) is 22.5 Å². The third-order valence-corrected chi connectivity index (χ3v) is 2.85. The monoisotopic (exact) mass is 308 g/mol. The van der Waals surface area contributed by atoms with Gasteiger partial charge in [-0.1, -0.05) is 36.1 Å². The van der Waals surface area contributed by atoms with Gasteiger partial charge in [-0.25, -0.2) is 0 Å². The minimum absolute atomic E-state index is 0.0366. The Hall–Kier alpha value is -3.10. The van der Waals surface area contributed by atoms with Crippen LogP contribution >= 0.6 is 0 Å². The zero-order valence-electron chi connectivity index (χ0n) is 12.4. The van der Waals surface area contributed by atoms with E-state index >= 15 is 0 Å². The summed E-state index contributed by atoms with van der Waals surface area (Å²) in [4.78, 5) is 23.1. The Morgan fingerprint density at radius 3 is 2.35 bits per heavy atom. The molecule has 0 aromatic heterocycles. The molecule has 2 aromatic carbocycles. The smallest absolute Gasteiger partial charge is 0.313 e. The number of hydrogen-bond acceptors (Lipinski definition) is 3. The Bertz CT molecular complexity index is 746. The molecule has 0 aliphatic heterocycles. The molecule has 0 atom stereocenters. The van der Waals surface area contributed by atoms with E-state index in [0.29, 0.717) is 5.69 Å². The summed E-state index contributed by atoms with van der Waals surface area (Å²) in [6.07, 6.45) is 0. The van der Waals surface area contributed by atoms with E-state index in [-0.39, 0.29) is 13.2 Å². The highest BCUT2D eigenvalue weighted by Crippen LogP contribution is 2.10. The summed E-state index contributed by atoms with van der Waals surface area (Å²) < 4.78 is 0. The molecule has 0 unspecified atom stereocenters. The van der Waals surface area contributed by atoms with Crippen molar-refractivity contribution in [1.29, 1.82) is 0 Å². The van der Waals surface area contributed by atoms with Gasteiger partial charge in [0.2, 0.25) is 0 Å². The molecular formula is C18H16N2O3. The van der Waals surface area contributed by atoms with Gasteiger partial charge in [0.15, 0.2) is 0 Å². The maximum Gasteiger partial charge on any atom is 0.313 e. The van der Waals surface area contributed by atoms with Crippen LogP contribution in [0.1, 0.15) is 11.1 Å². The van der Waals surface area contributed by atoms with E-state index in [1.807, 2.05) is 36.4 Å². The molecule has 2 rings (SSSR count). The molecule has 5 nitrogen and oxygen atoms in total. The summed E-state index contributed by atoms with van der Waals surface area (Å²) in [5.41, 5.74) is 2.10. The number of benzene rings is 2. The van der Waals surface area contributed by atoms with Gasteiger partial charge in [0.25, 0.3) is 0 Å². The molecule has 2 amide bonds. The van der Waals surface area contributed by atoms with Crippen molar-refractivity contribution in [3.63, 3.8) is 0 Å². The summed E-state index contributed by atoms with van der Waals surface area (Å²) in [6, 6.07) is 16.5. The molecule has 2 aromatic rings. The number of hydrogen-bond donors (Lipinski definition) is 3. The van der Waals surface area contributed by atoms with Gasteiger partial charge in [-0.15, -0.1) is 0 Å². The summed E-state index contributed by atoms with van der Waals surface area (Å²) in [5, 5.41) is 13.4. The van der Waals surface area contributed by atoms with Crippen LogP contribution in [0.5, 0.6) is 0 Å². The highest BCUT2D eigenvalue weighted by Gasteiger charge is 2.12. The lowest BCUT2D eigenvalue weighted by Crippen LogP contribution is -2.36. The van der Waals surface area contributed by atoms with E-state index in [1.165, 1.54) is 0 Å². The highest BCUT2D eigenvalue weighted by atomic mass is 16.3. The molecule has 23 heavy (non-hydrogen) atoms. The molecule has 0 bridgehead atoms. The SMILES string of the molecule is O=C(NCCO)C(=O)Nc1cccc(C#Cc2ccccc2)c1. The molecule has 0 aliphatic rings. The number of carbonyl (C=O) groups excluding carboxylic acids is 2. The van der Waals surface area contributed by atoms with Crippen molar-refractivity contribution < 1.29 is 14.7 Å². The van der Waals surface area contributed by atoms with Gasteiger partial charge in [0, 0.05) is 23.4 Å². The van der Waals surface area contributed by atoms with Gasteiger partial charge in [0.1, 0.15) is 0 Å². The van der Waals surface area contributed by atoms with Gasteiger partial charge in [0.05, 0.1) is 6.61 Å². The molecule has 116 valence electrons. The maximum atomic E-state index is 11.7. The number of carbonyl (C=O) groups is 2. The summed E-state index contributed by atoms with van der Waals surface area (Å²) in [6.45, 7) is -0.182. The second-order valence-electron chi connectivity index (χ2n) is 4.63. The molecule has 3 N–H and O–H groups in total. The number of aliphatic hydroxyl groups is 1. The van der Waals surface area contributed by atoms with Crippen LogP contribution in [0.2, 0.25) is 0 Å². The number of aliphatic hydroxyl groups excluding tert-OH is 1. The lowest BCUT2D eigenvalue weighted by molar-refractivity contribution is -0.136. The summed E-state index contributed by atoms with van der Waals surface area (Å²) in [7, 11) is 0. The Balaban J connectivity index is 2.04. The van der Waals surface area contributed by atoms with Crippen molar-refractivity contribution in [2.45, 2.75) is 0 Å². The second kappa shape index (κ2) is 8.37. The zero-order valence-corrected chi connectivity index (χ0v) is 12.4. The topological polar surface area (TPSA) is 78.4 Å². The van der Waals surface area contributed by atoms with Crippen molar-refractivity contribution in [3.8, 4) is 11.8 Å². The first-order valence-electron chi connectivity index (χ1n) is 7.06. The number of anilines is 1. The fraction of sp³-hybridized carbons (Fsp3) is 0.111. The standard InChI is InChI=1S/C18H16N2O3/c21-12-11-19-17(22)18(23)20-16-8-4-7-15(13-16)10-9-14-5-2-1-3-6-14/h1-8,13,21H,11-12H2,(H,19,22)(H,20,23). The fourth-order valence-corrected chi connectivity index (χ4v) is 1.78. The number of nitrogens with one attached hydrogen (secondary N) is 2. The number of rotatable bonds is 3. The van der Waals surface area contributed by atoms with Crippen LogP contribution in [0.25, 0.3) is 0 Å². The third-order valence-electron chi connectivity index (χ3n) is 2.85. The second-order valence-corrected chi connectivity index (χ2v) is 4.63. The largest absolute Gasteiger partial charge is 0.395 e. The van der Waals surface area contributed by atoms with Crippen molar-refractivity contribution in [2.24, 2.45) is 0 Å². The van der Waals surface area contributed by atoms with Crippen molar-refractivity contribution in [2.75, 3.05) is 18.5 Å². The molecule has 0 spiro atoms. The van der Waals surface area contributed by atoms with E-state index in [9.17, 15) is 9.59 Å². The van der Waals surface area contributed by atoms with Crippen LogP contribution in [-0.4, -0.2) is 30.1 Å². The highest BCUT2D eigenvalue weighted by molar-refractivity contribution is 6.39. The number of amides is 2.